The lowest BCUT2D eigenvalue weighted by Crippen LogP contribution is -2.13. The molecular formula is C22H13BrN4O2S. The summed E-state index contributed by atoms with van der Waals surface area (Å²) in [6, 6.07) is 20.8. The predicted octanol–water partition coefficient (Wildman–Crippen LogP) is 6.03. The molecular weight excluding hydrogens is 464 g/mol. The van der Waals surface area contributed by atoms with Gasteiger partial charge in [-0.25, -0.2) is 4.98 Å². The first-order valence-corrected chi connectivity index (χ1v) is 10.7. The summed E-state index contributed by atoms with van der Waals surface area (Å²) in [6.07, 6.45) is 0. The van der Waals surface area contributed by atoms with E-state index < -0.39 is 0 Å². The molecule has 30 heavy (non-hydrogen) atoms. The molecule has 0 bridgehead atoms. The second kappa shape index (κ2) is 7.81. The van der Waals surface area contributed by atoms with Crippen LogP contribution in [0.25, 0.3) is 32.9 Å². The minimum Gasteiger partial charge on any atom is -0.403 e. The number of anilines is 1. The van der Waals surface area contributed by atoms with E-state index in [9.17, 15) is 4.79 Å². The van der Waals surface area contributed by atoms with Crippen LogP contribution in [0.2, 0.25) is 0 Å². The van der Waals surface area contributed by atoms with Crippen molar-refractivity contribution < 1.29 is 9.21 Å². The van der Waals surface area contributed by atoms with Gasteiger partial charge in [-0.2, -0.15) is 0 Å². The van der Waals surface area contributed by atoms with Gasteiger partial charge < -0.3 is 4.42 Å². The topological polar surface area (TPSA) is 80.9 Å². The van der Waals surface area contributed by atoms with E-state index in [0.29, 0.717) is 11.5 Å². The van der Waals surface area contributed by atoms with Crippen molar-refractivity contribution in [2.45, 2.75) is 0 Å². The smallest absolute Gasteiger partial charge is 0.322 e. The van der Waals surface area contributed by atoms with Gasteiger partial charge in [-0.15, -0.1) is 16.4 Å². The summed E-state index contributed by atoms with van der Waals surface area (Å²) in [7, 11) is 0. The van der Waals surface area contributed by atoms with Crippen molar-refractivity contribution in [3.8, 4) is 22.0 Å². The van der Waals surface area contributed by atoms with Crippen LogP contribution in [-0.2, 0) is 0 Å². The van der Waals surface area contributed by atoms with Gasteiger partial charge in [-0.05, 0) is 47.8 Å². The molecule has 6 nitrogen and oxygen atoms in total. The van der Waals surface area contributed by atoms with Crippen molar-refractivity contribution in [2.75, 3.05) is 5.32 Å². The summed E-state index contributed by atoms with van der Waals surface area (Å²) in [6.45, 7) is 0. The van der Waals surface area contributed by atoms with Crippen molar-refractivity contribution in [1.29, 1.82) is 0 Å². The average molecular weight is 477 g/mol. The zero-order valence-electron chi connectivity index (χ0n) is 15.4. The first-order chi connectivity index (χ1) is 14.7. The molecule has 146 valence electrons. The van der Waals surface area contributed by atoms with E-state index in [0.717, 1.165) is 31.5 Å². The van der Waals surface area contributed by atoms with Gasteiger partial charge in [0.2, 0.25) is 5.89 Å². The Bertz CT molecular complexity index is 1350. The lowest BCUT2D eigenvalue weighted by atomic mass is 10.1. The molecule has 5 rings (SSSR count). The minimum atomic E-state index is -0.336. The van der Waals surface area contributed by atoms with Crippen LogP contribution >= 0.6 is 27.3 Å². The van der Waals surface area contributed by atoms with Gasteiger partial charge in [0, 0.05) is 15.4 Å². The number of halogens is 1. The van der Waals surface area contributed by atoms with Gasteiger partial charge in [-0.3, -0.25) is 10.1 Å². The van der Waals surface area contributed by atoms with Gasteiger partial charge >= 0.3 is 6.01 Å². The first-order valence-electron chi connectivity index (χ1n) is 9.02. The van der Waals surface area contributed by atoms with Crippen molar-refractivity contribution in [3.63, 3.8) is 0 Å². The van der Waals surface area contributed by atoms with Gasteiger partial charge in [0.1, 0.15) is 0 Å². The quantitative estimate of drug-likeness (QED) is 0.342. The van der Waals surface area contributed by atoms with Gasteiger partial charge in [0.05, 0.1) is 21.7 Å². The fraction of sp³-hybridized carbons (Fsp3) is 0. The van der Waals surface area contributed by atoms with Gasteiger partial charge in [-0.1, -0.05) is 45.3 Å². The van der Waals surface area contributed by atoms with Crippen molar-refractivity contribution in [2.24, 2.45) is 0 Å². The van der Waals surface area contributed by atoms with E-state index in [-0.39, 0.29) is 11.9 Å². The molecule has 5 aromatic rings. The van der Waals surface area contributed by atoms with E-state index in [1.165, 1.54) is 0 Å². The third kappa shape index (κ3) is 3.62. The molecule has 0 fully saturated rings. The fourth-order valence-electron chi connectivity index (χ4n) is 3.06. The summed E-state index contributed by atoms with van der Waals surface area (Å²) < 4.78 is 6.58. The van der Waals surface area contributed by atoms with Crippen molar-refractivity contribution >= 4 is 50.1 Å². The van der Waals surface area contributed by atoms with Crippen LogP contribution in [0.3, 0.4) is 0 Å². The maximum absolute atomic E-state index is 13.1. The molecule has 0 saturated carbocycles. The number of para-hydroxylation sites is 1. The van der Waals surface area contributed by atoms with Crippen LogP contribution in [0.1, 0.15) is 10.4 Å². The molecule has 0 aliphatic heterocycles. The normalized spacial score (nSPS) is 11.0. The monoisotopic (exact) mass is 476 g/mol. The highest BCUT2D eigenvalue weighted by molar-refractivity contribution is 9.10. The lowest BCUT2D eigenvalue weighted by molar-refractivity contribution is 0.102. The maximum atomic E-state index is 13.1. The summed E-state index contributed by atoms with van der Waals surface area (Å²) in [5.74, 6) is -0.00549. The minimum absolute atomic E-state index is 0.0384. The largest absolute Gasteiger partial charge is 0.403 e. The molecule has 0 spiro atoms. The van der Waals surface area contributed by atoms with Gasteiger partial charge in [0.15, 0.2) is 0 Å². The predicted molar refractivity (Wildman–Crippen MR) is 120 cm³/mol. The number of rotatable bonds is 4. The van der Waals surface area contributed by atoms with E-state index in [1.54, 1.807) is 17.4 Å². The maximum Gasteiger partial charge on any atom is 0.322 e. The zero-order valence-corrected chi connectivity index (χ0v) is 17.8. The molecule has 0 radical (unpaired) electrons. The number of benzene rings is 2. The summed E-state index contributed by atoms with van der Waals surface area (Å²) >= 11 is 4.97. The standard InChI is InChI=1S/C22H13BrN4O2S/c23-14-9-7-13(8-10-14)21-26-27-22(29-21)25-20(28)16-12-18(19-6-3-11-30-19)24-17-5-2-1-4-15(16)17/h1-12H,(H,25,27,28). The Kier molecular flexibility index (Phi) is 4.86. The van der Waals surface area contributed by atoms with E-state index in [2.05, 4.69) is 31.4 Å². The third-order valence-corrected chi connectivity index (χ3v) is 5.89. The van der Waals surface area contributed by atoms with E-state index in [4.69, 9.17) is 9.40 Å². The first kappa shape index (κ1) is 18.7. The van der Waals surface area contributed by atoms with Crippen LogP contribution in [0.5, 0.6) is 0 Å². The molecule has 0 aliphatic rings. The van der Waals surface area contributed by atoms with E-state index in [1.807, 2.05) is 66.0 Å². The Morgan fingerprint density at radius 2 is 1.83 bits per heavy atom. The Morgan fingerprint density at radius 3 is 2.63 bits per heavy atom. The van der Waals surface area contributed by atoms with E-state index >= 15 is 0 Å². The summed E-state index contributed by atoms with van der Waals surface area (Å²) in [4.78, 5) is 18.8. The van der Waals surface area contributed by atoms with Crippen LogP contribution < -0.4 is 5.32 Å². The number of aromatic nitrogens is 3. The molecule has 0 atom stereocenters. The molecule has 0 unspecified atom stereocenters. The molecule has 3 heterocycles. The number of amides is 1. The fourth-order valence-corrected chi connectivity index (χ4v) is 4.01. The number of carbonyl (C=O) groups excluding carboxylic acids is 1. The molecule has 2 aromatic carbocycles. The second-order valence-corrected chi connectivity index (χ2v) is 8.29. The SMILES string of the molecule is O=C(Nc1nnc(-c2ccc(Br)cc2)o1)c1cc(-c2cccs2)nc2ccccc12. The number of hydrogen-bond donors (Lipinski definition) is 1. The highest BCUT2D eigenvalue weighted by Gasteiger charge is 2.17. The molecule has 1 amide bonds. The Morgan fingerprint density at radius 1 is 1.00 bits per heavy atom. The average Bonchev–Trinajstić information content (AvgIpc) is 3.46. The Balaban J connectivity index is 1.48. The Hall–Kier alpha value is -3.36. The summed E-state index contributed by atoms with van der Waals surface area (Å²) in [5.41, 5.74) is 2.75. The molecule has 8 heteroatoms. The number of fused-ring (bicyclic) bond motifs is 1. The van der Waals surface area contributed by atoms with Crippen LogP contribution in [-0.4, -0.2) is 21.1 Å². The zero-order chi connectivity index (χ0) is 20.5. The van der Waals surface area contributed by atoms with Crippen molar-refractivity contribution in [3.05, 3.63) is 82.1 Å². The lowest BCUT2D eigenvalue weighted by Gasteiger charge is -2.08. The number of carbonyl (C=O) groups is 1. The van der Waals surface area contributed by atoms with Crippen molar-refractivity contribution in [1.82, 2.24) is 15.2 Å². The van der Waals surface area contributed by atoms with Crippen LogP contribution in [0.15, 0.2) is 81.0 Å². The second-order valence-electron chi connectivity index (χ2n) is 6.42. The molecule has 0 aliphatic carbocycles. The molecule has 1 N–H and O–H groups in total. The van der Waals surface area contributed by atoms with Gasteiger partial charge in [0.25, 0.3) is 5.91 Å². The number of pyridine rings is 1. The summed E-state index contributed by atoms with van der Waals surface area (Å²) in [5, 5.41) is 13.4. The van der Waals surface area contributed by atoms with Crippen LogP contribution in [0, 0.1) is 0 Å². The third-order valence-electron chi connectivity index (χ3n) is 4.47. The number of nitrogens with one attached hydrogen (secondary N) is 1. The van der Waals surface area contributed by atoms with Crippen LogP contribution in [0.4, 0.5) is 6.01 Å². The number of nitrogens with zero attached hydrogens (tertiary/aromatic N) is 3. The Labute approximate surface area is 183 Å². The number of thiophene rings is 1. The molecule has 0 saturated heterocycles. The molecule has 3 aromatic heterocycles. The highest BCUT2D eigenvalue weighted by Crippen LogP contribution is 2.28. The highest BCUT2D eigenvalue weighted by atomic mass is 79.9. The number of hydrogen-bond acceptors (Lipinski definition) is 6.